The fourth-order valence-electron chi connectivity index (χ4n) is 4.67. The zero-order chi connectivity index (χ0) is 25.6. The highest BCUT2D eigenvalue weighted by Gasteiger charge is 2.24. The molecule has 37 heavy (non-hydrogen) atoms. The van der Waals surface area contributed by atoms with E-state index in [-0.39, 0.29) is 18.2 Å². The maximum absolute atomic E-state index is 13.1. The van der Waals surface area contributed by atoms with Crippen molar-refractivity contribution in [1.82, 2.24) is 9.88 Å². The van der Waals surface area contributed by atoms with Gasteiger partial charge in [-0.05, 0) is 47.0 Å². The van der Waals surface area contributed by atoms with Crippen molar-refractivity contribution in [3.05, 3.63) is 120 Å². The summed E-state index contributed by atoms with van der Waals surface area (Å²) in [6, 6.07) is 27.9. The number of carbonyl (C=O) groups is 1. The van der Waals surface area contributed by atoms with E-state index in [9.17, 15) is 4.79 Å². The van der Waals surface area contributed by atoms with Crippen molar-refractivity contribution in [3.63, 3.8) is 0 Å². The summed E-state index contributed by atoms with van der Waals surface area (Å²) in [6.45, 7) is 0.769. The fourth-order valence-corrected chi connectivity index (χ4v) is 4.67. The molecule has 0 aliphatic rings. The van der Waals surface area contributed by atoms with E-state index >= 15 is 0 Å². The van der Waals surface area contributed by atoms with Gasteiger partial charge in [0.15, 0.2) is 11.5 Å². The first kappa shape index (κ1) is 24.3. The van der Waals surface area contributed by atoms with Crippen molar-refractivity contribution >= 4 is 16.8 Å². The summed E-state index contributed by atoms with van der Waals surface area (Å²) in [5.41, 5.74) is 4.25. The second-order valence-corrected chi connectivity index (χ2v) is 9.01. The van der Waals surface area contributed by atoms with Crippen LogP contribution in [0.15, 0.2) is 102 Å². The number of furan rings is 1. The number of benzene rings is 3. The Labute approximate surface area is 216 Å². The summed E-state index contributed by atoms with van der Waals surface area (Å²) in [4.78, 5) is 13.1. The Morgan fingerprint density at radius 2 is 1.78 bits per heavy atom. The van der Waals surface area contributed by atoms with Gasteiger partial charge in [0.1, 0.15) is 12.4 Å². The summed E-state index contributed by atoms with van der Waals surface area (Å²) in [5.74, 6) is 1.77. The molecular formula is C31H30N2O4. The third-order valence-corrected chi connectivity index (χ3v) is 6.56. The minimum Gasteiger partial charge on any atom is -0.493 e. The van der Waals surface area contributed by atoms with Gasteiger partial charge in [0, 0.05) is 36.5 Å². The van der Waals surface area contributed by atoms with E-state index < -0.39 is 0 Å². The molecule has 5 rings (SSSR count). The Balaban J connectivity index is 1.48. The van der Waals surface area contributed by atoms with Gasteiger partial charge >= 0.3 is 0 Å². The van der Waals surface area contributed by atoms with Gasteiger partial charge in [-0.3, -0.25) is 4.79 Å². The number of hydrogen-bond donors (Lipinski definition) is 1. The second-order valence-electron chi connectivity index (χ2n) is 9.01. The molecular weight excluding hydrogens is 464 g/mol. The number of nitrogens with zero attached hydrogens (tertiary/aromatic N) is 1. The van der Waals surface area contributed by atoms with Crippen LogP contribution in [0, 0.1) is 0 Å². The van der Waals surface area contributed by atoms with Gasteiger partial charge in [0.25, 0.3) is 0 Å². The van der Waals surface area contributed by atoms with Crippen molar-refractivity contribution in [1.29, 1.82) is 0 Å². The van der Waals surface area contributed by atoms with E-state index in [0.29, 0.717) is 24.7 Å². The average molecular weight is 495 g/mol. The third kappa shape index (κ3) is 5.54. The van der Waals surface area contributed by atoms with Gasteiger partial charge in [0.05, 0.1) is 19.9 Å². The first-order valence-corrected chi connectivity index (χ1v) is 12.3. The molecule has 6 heteroatoms. The number of rotatable bonds is 10. The third-order valence-electron chi connectivity index (χ3n) is 6.56. The molecule has 3 aromatic carbocycles. The molecule has 5 aromatic rings. The zero-order valence-electron chi connectivity index (χ0n) is 21.0. The molecule has 0 saturated heterocycles. The lowest BCUT2D eigenvalue weighted by Crippen LogP contribution is -2.24. The molecule has 2 aromatic heterocycles. The largest absolute Gasteiger partial charge is 0.493 e. The molecule has 188 valence electrons. The molecule has 0 aliphatic carbocycles. The number of fused-ring (bicyclic) bond motifs is 1. The summed E-state index contributed by atoms with van der Waals surface area (Å²) < 4.78 is 19.3. The summed E-state index contributed by atoms with van der Waals surface area (Å²) in [7, 11) is 3.66. The minimum atomic E-state index is -0.187. The standard InChI is InChI=1S/C31H30N2O4/c1-33-20-27(25-12-6-7-13-28(25)33)26(18-31(34)32-19-24-11-8-16-36-24)23-14-15-29(35-2)30(17-23)37-21-22-9-4-3-5-10-22/h3-17,20,26H,18-19,21H2,1-2H3,(H,32,34). The van der Waals surface area contributed by atoms with E-state index in [1.807, 2.05) is 79.8 Å². The van der Waals surface area contributed by atoms with E-state index in [0.717, 1.165) is 33.4 Å². The quantitative estimate of drug-likeness (QED) is 0.251. The molecule has 1 unspecified atom stereocenters. The zero-order valence-corrected chi connectivity index (χ0v) is 21.0. The van der Waals surface area contributed by atoms with Crippen molar-refractivity contribution < 1.29 is 18.7 Å². The number of carbonyl (C=O) groups excluding carboxylic acids is 1. The topological polar surface area (TPSA) is 65.6 Å². The van der Waals surface area contributed by atoms with Gasteiger partial charge in [-0.25, -0.2) is 0 Å². The molecule has 0 bridgehead atoms. The number of methoxy groups -OCH3 is 1. The van der Waals surface area contributed by atoms with Crippen molar-refractivity contribution in [2.75, 3.05) is 7.11 Å². The molecule has 6 nitrogen and oxygen atoms in total. The minimum absolute atomic E-state index is 0.0584. The molecule has 1 atom stereocenters. The predicted molar refractivity (Wildman–Crippen MR) is 144 cm³/mol. The molecule has 1 amide bonds. The Morgan fingerprint density at radius 1 is 0.973 bits per heavy atom. The van der Waals surface area contributed by atoms with Crippen LogP contribution in [0.5, 0.6) is 11.5 Å². The first-order valence-electron chi connectivity index (χ1n) is 12.3. The lowest BCUT2D eigenvalue weighted by molar-refractivity contribution is -0.121. The molecule has 0 saturated carbocycles. The highest BCUT2D eigenvalue weighted by atomic mass is 16.5. The van der Waals surface area contributed by atoms with Crippen molar-refractivity contribution in [2.24, 2.45) is 7.05 Å². The maximum Gasteiger partial charge on any atom is 0.221 e. The monoisotopic (exact) mass is 494 g/mol. The van der Waals surface area contributed by atoms with E-state index in [2.05, 4.69) is 28.2 Å². The number of para-hydroxylation sites is 1. The number of ether oxygens (including phenoxy) is 2. The first-order chi connectivity index (χ1) is 18.1. The number of aromatic nitrogens is 1. The second kappa shape index (κ2) is 11.1. The van der Waals surface area contributed by atoms with Crippen LogP contribution in [-0.4, -0.2) is 17.6 Å². The predicted octanol–water partition coefficient (Wildman–Crippen LogP) is 6.20. The Bertz CT molecular complexity index is 1470. The number of hydrogen-bond acceptors (Lipinski definition) is 4. The van der Waals surface area contributed by atoms with E-state index in [1.54, 1.807) is 13.4 Å². The van der Waals surface area contributed by atoms with Gasteiger partial charge in [0.2, 0.25) is 5.91 Å². The number of nitrogens with one attached hydrogen (secondary N) is 1. The van der Waals surface area contributed by atoms with Gasteiger partial charge in [-0.15, -0.1) is 0 Å². The maximum atomic E-state index is 13.1. The van der Waals surface area contributed by atoms with Crippen LogP contribution in [-0.2, 0) is 25.0 Å². The van der Waals surface area contributed by atoms with Gasteiger partial charge < -0.3 is 23.8 Å². The lowest BCUT2D eigenvalue weighted by Gasteiger charge is -2.19. The molecule has 0 aliphatic heterocycles. The summed E-state index contributed by atoms with van der Waals surface area (Å²) in [5, 5.41) is 4.12. The average Bonchev–Trinajstić information content (AvgIpc) is 3.58. The molecule has 2 heterocycles. The van der Waals surface area contributed by atoms with Crippen LogP contribution in [0.3, 0.4) is 0 Å². The normalized spacial score (nSPS) is 11.8. The van der Waals surface area contributed by atoms with Gasteiger partial charge in [-0.2, -0.15) is 0 Å². The van der Waals surface area contributed by atoms with Crippen LogP contribution < -0.4 is 14.8 Å². The Morgan fingerprint density at radius 3 is 2.57 bits per heavy atom. The molecule has 0 spiro atoms. The van der Waals surface area contributed by atoms with Crippen molar-refractivity contribution in [3.8, 4) is 11.5 Å². The fraction of sp³-hybridized carbons (Fsp3) is 0.194. The van der Waals surface area contributed by atoms with Crippen LogP contribution in [0.2, 0.25) is 0 Å². The van der Waals surface area contributed by atoms with Crippen LogP contribution >= 0.6 is 0 Å². The summed E-state index contributed by atoms with van der Waals surface area (Å²) >= 11 is 0. The van der Waals surface area contributed by atoms with Crippen molar-refractivity contribution in [2.45, 2.75) is 25.5 Å². The summed E-state index contributed by atoms with van der Waals surface area (Å²) in [6.07, 6.45) is 4.00. The van der Waals surface area contributed by atoms with Crippen LogP contribution in [0.1, 0.15) is 34.8 Å². The van der Waals surface area contributed by atoms with E-state index in [1.165, 1.54) is 0 Å². The lowest BCUT2D eigenvalue weighted by atomic mass is 9.87. The van der Waals surface area contributed by atoms with Gasteiger partial charge in [-0.1, -0.05) is 54.6 Å². The Kier molecular flexibility index (Phi) is 7.26. The smallest absolute Gasteiger partial charge is 0.221 e. The highest BCUT2D eigenvalue weighted by Crippen LogP contribution is 2.38. The number of aryl methyl sites for hydroxylation is 1. The highest BCUT2D eigenvalue weighted by molar-refractivity contribution is 5.86. The Hall–Kier alpha value is -4.45. The van der Waals surface area contributed by atoms with E-state index in [4.69, 9.17) is 13.9 Å². The van der Waals surface area contributed by atoms with Crippen LogP contribution in [0.25, 0.3) is 10.9 Å². The molecule has 0 fully saturated rings. The van der Waals surface area contributed by atoms with Crippen LogP contribution in [0.4, 0.5) is 0 Å². The SMILES string of the molecule is COc1ccc(C(CC(=O)NCc2ccco2)c2cn(C)c3ccccc23)cc1OCc1ccccc1. The number of amides is 1. The molecule has 1 N–H and O–H groups in total. The molecule has 0 radical (unpaired) electrons.